The summed E-state index contributed by atoms with van der Waals surface area (Å²) < 4.78 is 5.61. The van der Waals surface area contributed by atoms with Crippen molar-refractivity contribution in [1.29, 1.82) is 0 Å². The van der Waals surface area contributed by atoms with Gasteiger partial charge in [0.1, 0.15) is 5.75 Å². The summed E-state index contributed by atoms with van der Waals surface area (Å²) >= 11 is 2.39. The number of rotatable bonds is 2. The second-order valence-corrected chi connectivity index (χ2v) is 4.26. The van der Waals surface area contributed by atoms with Crippen molar-refractivity contribution in [3.05, 3.63) is 29.8 Å². The quantitative estimate of drug-likeness (QED) is 0.587. The smallest absolute Gasteiger partial charge is 0.118 e. The zero-order valence-electron chi connectivity index (χ0n) is 6.67. The first-order valence-electron chi connectivity index (χ1n) is 3.52. The number of benzene rings is 1. The van der Waals surface area contributed by atoms with E-state index in [0.717, 1.165) is 5.75 Å². The van der Waals surface area contributed by atoms with E-state index in [-0.39, 0.29) is 0 Å². The highest BCUT2D eigenvalue weighted by Gasteiger charge is 1.98. The van der Waals surface area contributed by atoms with E-state index in [2.05, 4.69) is 41.6 Å². The van der Waals surface area contributed by atoms with E-state index in [1.807, 2.05) is 12.1 Å². The molecule has 0 aliphatic carbocycles. The molecule has 0 aliphatic rings. The molecule has 60 valence electrons. The highest BCUT2D eigenvalue weighted by molar-refractivity contribution is 14.1. The SMILES string of the molecule is COc1ccc([C@@H](C)I)cc1. The lowest BCUT2D eigenvalue weighted by Crippen LogP contribution is -1.85. The lowest BCUT2D eigenvalue weighted by atomic mass is 10.2. The topological polar surface area (TPSA) is 9.23 Å². The van der Waals surface area contributed by atoms with E-state index in [1.54, 1.807) is 7.11 Å². The van der Waals surface area contributed by atoms with Crippen LogP contribution in [0.15, 0.2) is 24.3 Å². The number of ether oxygens (including phenoxy) is 1. The van der Waals surface area contributed by atoms with Crippen LogP contribution in [0.3, 0.4) is 0 Å². The molecule has 1 nitrogen and oxygen atoms in total. The third-order valence-electron chi connectivity index (χ3n) is 1.58. The predicted octanol–water partition coefficient (Wildman–Crippen LogP) is 3.19. The lowest BCUT2D eigenvalue weighted by molar-refractivity contribution is 0.414. The Morgan fingerprint density at radius 3 is 2.18 bits per heavy atom. The molecule has 2 heteroatoms. The standard InChI is InChI=1S/C9H11IO/c1-7(10)8-3-5-9(11-2)6-4-8/h3-7H,1-2H3/t7-/m1/s1. The van der Waals surface area contributed by atoms with Crippen LogP contribution in [0.25, 0.3) is 0 Å². The zero-order chi connectivity index (χ0) is 8.27. The van der Waals surface area contributed by atoms with Crippen molar-refractivity contribution in [2.24, 2.45) is 0 Å². The number of alkyl halides is 1. The van der Waals surface area contributed by atoms with Gasteiger partial charge in [0.05, 0.1) is 7.11 Å². The van der Waals surface area contributed by atoms with Crippen molar-refractivity contribution < 1.29 is 4.74 Å². The maximum absolute atomic E-state index is 5.05. The average molecular weight is 262 g/mol. The summed E-state index contributed by atoms with van der Waals surface area (Å²) in [6.07, 6.45) is 0. The normalized spacial score (nSPS) is 12.6. The van der Waals surface area contributed by atoms with Crippen LogP contribution in [0, 0.1) is 0 Å². The summed E-state index contributed by atoms with van der Waals surface area (Å²) in [6.45, 7) is 2.17. The minimum absolute atomic E-state index is 0.568. The molecule has 1 aromatic rings. The van der Waals surface area contributed by atoms with E-state index >= 15 is 0 Å². The fraction of sp³-hybridized carbons (Fsp3) is 0.333. The van der Waals surface area contributed by atoms with Gasteiger partial charge in [0.2, 0.25) is 0 Å². The van der Waals surface area contributed by atoms with Gasteiger partial charge >= 0.3 is 0 Å². The van der Waals surface area contributed by atoms with E-state index in [0.29, 0.717) is 3.92 Å². The van der Waals surface area contributed by atoms with Crippen molar-refractivity contribution in [1.82, 2.24) is 0 Å². The molecule has 1 atom stereocenters. The Hall–Kier alpha value is -0.250. The molecule has 0 saturated heterocycles. The number of hydrogen-bond acceptors (Lipinski definition) is 1. The van der Waals surface area contributed by atoms with E-state index in [9.17, 15) is 0 Å². The molecular formula is C9H11IO. The Morgan fingerprint density at radius 2 is 1.82 bits per heavy atom. The highest BCUT2D eigenvalue weighted by atomic mass is 127. The Labute approximate surface area is 80.9 Å². The van der Waals surface area contributed by atoms with Gasteiger partial charge in [-0.1, -0.05) is 34.7 Å². The van der Waals surface area contributed by atoms with E-state index < -0.39 is 0 Å². The first-order valence-corrected chi connectivity index (χ1v) is 4.76. The predicted molar refractivity (Wildman–Crippen MR) is 55.4 cm³/mol. The van der Waals surface area contributed by atoms with Gasteiger partial charge < -0.3 is 4.74 Å². The van der Waals surface area contributed by atoms with E-state index in [1.165, 1.54) is 5.56 Å². The van der Waals surface area contributed by atoms with Crippen molar-refractivity contribution in [2.75, 3.05) is 7.11 Å². The van der Waals surface area contributed by atoms with Crippen LogP contribution < -0.4 is 4.74 Å². The van der Waals surface area contributed by atoms with Crippen LogP contribution in [-0.4, -0.2) is 7.11 Å². The summed E-state index contributed by atoms with van der Waals surface area (Å²) in [5, 5.41) is 0. The van der Waals surface area contributed by atoms with Crippen LogP contribution in [0.1, 0.15) is 16.4 Å². The summed E-state index contributed by atoms with van der Waals surface area (Å²) in [5.41, 5.74) is 1.34. The maximum Gasteiger partial charge on any atom is 0.118 e. The fourth-order valence-corrected chi connectivity index (χ4v) is 1.28. The second kappa shape index (κ2) is 3.95. The number of methoxy groups -OCH3 is 1. The third-order valence-corrected chi connectivity index (χ3v) is 2.29. The summed E-state index contributed by atoms with van der Waals surface area (Å²) in [6, 6.07) is 8.17. The van der Waals surface area contributed by atoms with Gasteiger partial charge in [-0.2, -0.15) is 0 Å². The Bertz CT molecular complexity index is 216. The molecule has 0 fully saturated rings. The van der Waals surface area contributed by atoms with Crippen LogP contribution in [0.4, 0.5) is 0 Å². The lowest BCUT2D eigenvalue weighted by Gasteiger charge is -2.04. The summed E-state index contributed by atoms with van der Waals surface area (Å²) in [7, 11) is 1.68. The average Bonchev–Trinajstić information content (AvgIpc) is 2.05. The van der Waals surface area contributed by atoms with Gasteiger partial charge in [-0.15, -0.1) is 0 Å². The van der Waals surface area contributed by atoms with Gasteiger partial charge in [-0.25, -0.2) is 0 Å². The molecule has 0 heterocycles. The van der Waals surface area contributed by atoms with Gasteiger partial charge in [-0.05, 0) is 24.6 Å². The molecule has 11 heavy (non-hydrogen) atoms. The van der Waals surface area contributed by atoms with Crippen LogP contribution in [0.2, 0.25) is 0 Å². The van der Waals surface area contributed by atoms with Crippen molar-refractivity contribution in [3.63, 3.8) is 0 Å². The molecule has 0 bridgehead atoms. The molecular weight excluding hydrogens is 251 g/mol. The number of hydrogen-bond donors (Lipinski definition) is 0. The van der Waals surface area contributed by atoms with Crippen molar-refractivity contribution in [3.8, 4) is 5.75 Å². The molecule has 0 spiro atoms. The molecule has 0 amide bonds. The molecule has 0 saturated carbocycles. The number of halogens is 1. The molecule has 1 rings (SSSR count). The first-order chi connectivity index (χ1) is 5.24. The first kappa shape index (κ1) is 8.84. The van der Waals surface area contributed by atoms with Gasteiger partial charge in [0.25, 0.3) is 0 Å². The van der Waals surface area contributed by atoms with Crippen molar-refractivity contribution in [2.45, 2.75) is 10.8 Å². The van der Waals surface area contributed by atoms with Gasteiger partial charge in [0.15, 0.2) is 0 Å². The molecule has 0 aliphatic heterocycles. The van der Waals surface area contributed by atoms with Crippen LogP contribution >= 0.6 is 22.6 Å². The summed E-state index contributed by atoms with van der Waals surface area (Å²) in [5.74, 6) is 0.922. The molecule has 0 radical (unpaired) electrons. The molecule has 0 unspecified atom stereocenters. The molecule has 0 N–H and O–H groups in total. The molecule has 0 aromatic heterocycles. The van der Waals surface area contributed by atoms with Crippen molar-refractivity contribution >= 4 is 22.6 Å². The fourth-order valence-electron chi connectivity index (χ4n) is 0.869. The minimum atomic E-state index is 0.568. The largest absolute Gasteiger partial charge is 0.497 e. The van der Waals surface area contributed by atoms with Gasteiger partial charge in [-0.3, -0.25) is 0 Å². The van der Waals surface area contributed by atoms with E-state index in [4.69, 9.17) is 4.74 Å². The second-order valence-electron chi connectivity index (χ2n) is 2.39. The molecule has 1 aromatic carbocycles. The summed E-state index contributed by atoms with van der Waals surface area (Å²) in [4.78, 5) is 0. The Kier molecular flexibility index (Phi) is 3.17. The van der Waals surface area contributed by atoms with Crippen LogP contribution in [-0.2, 0) is 0 Å². The Morgan fingerprint density at radius 1 is 1.27 bits per heavy atom. The zero-order valence-corrected chi connectivity index (χ0v) is 8.83. The van der Waals surface area contributed by atoms with Crippen LogP contribution in [0.5, 0.6) is 5.75 Å². The maximum atomic E-state index is 5.05. The minimum Gasteiger partial charge on any atom is -0.497 e. The Balaban J connectivity index is 2.83. The highest BCUT2D eigenvalue weighted by Crippen LogP contribution is 2.23. The monoisotopic (exact) mass is 262 g/mol. The third kappa shape index (κ3) is 2.36. The van der Waals surface area contributed by atoms with Gasteiger partial charge in [0, 0.05) is 3.92 Å².